The van der Waals surface area contributed by atoms with Crippen LogP contribution in [-0.4, -0.2) is 11.8 Å². The number of amides is 2. The summed E-state index contributed by atoms with van der Waals surface area (Å²) in [5, 5.41) is 5.86. The van der Waals surface area contributed by atoms with Gasteiger partial charge in [0.05, 0.1) is 5.92 Å². The quantitative estimate of drug-likeness (QED) is 0.838. The second-order valence-electron chi connectivity index (χ2n) is 6.21. The molecule has 1 fully saturated rings. The highest BCUT2D eigenvalue weighted by Crippen LogP contribution is 2.30. The van der Waals surface area contributed by atoms with Gasteiger partial charge in [0.1, 0.15) is 0 Å². The Morgan fingerprint density at radius 1 is 1.00 bits per heavy atom. The van der Waals surface area contributed by atoms with Crippen molar-refractivity contribution in [2.75, 3.05) is 10.6 Å². The van der Waals surface area contributed by atoms with E-state index in [1.165, 1.54) is 0 Å². The number of hydrogen-bond donors (Lipinski definition) is 2. The lowest BCUT2D eigenvalue weighted by Gasteiger charge is -2.16. The molecule has 1 aliphatic rings. The molecule has 2 aromatic carbocycles. The lowest BCUT2D eigenvalue weighted by molar-refractivity contribution is -0.118. The van der Waals surface area contributed by atoms with Crippen molar-refractivity contribution in [3.05, 3.63) is 60.2 Å². The van der Waals surface area contributed by atoms with Gasteiger partial charge in [0.15, 0.2) is 0 Å². The van der Waals surface area contributed by atoms with E-state index in [0.717, 1.165) is 30.5 Å². The van der Waals surface area contributed by atoms with E-state index in [9.17, 15) is 9.59 Å². The molecule has 4 heteroatoms. The summed E-state index contributed by atoms with van der Waals surface area (Å²) in [6.45, 7) is 2.00. The maximum absolute atomic E-state index is 12.6. The van der Waals surface area contributed by atoms with Gasteiger partial charge in [-0.25, -0.2) is 0 Å². The highest BCUT2D eigenvalue weighted by atomic mass is 16.2. The molecule has 0 unspecified atom stereocenters. The van der Waals surface area contributed by atoms with Crippen molar-refractivity contribution in [3.8, 4) is 0 Å². The molecule has 24 heavy (non-hydrogen) atoms. The smallest absolute Gasteiger partial charge is 0.231 e. The first-order chi connectivity index (χ1) is 11.7. The first-order valence-corrected chi connectivity index (χ1v) is 8.44. The molecule has 0 spiro atoms. The largest absolute Gasteiger partial charge is 0.326 e. The highest BCUT2D eigenvalue weighted by molar-refractivity contribution is 5.98. The van der Waals surface area contributed by atoms with Gasteiger partial charge in [-0.15, -0.1) is 0 Å². The first-order valence-electron chi connectivity index (χ1n) is 8.44. The van der Waals surface area contributed by atoms with Gasteiger partial charge in [-0.2, -0.15) is 0 Å². The Morgan fingerprint density at radius 2 is 1.67 bits per heavy atom. The standard InChI is InChI=1S/C20H22N2O2/c1-2-18(14-7-4-3-5-8-14)20(24)22-17-10-6-9-16(13-17)21-19(23)15-11-12-15/h3-10,13,15,18H,2,11-12H2,1H3,(H,21,23)(H,22,24)/t18-/m0/s1. The second-order valence-corrected chi connectivity index (χ2v) is 6.21. The molecule has 3 rings (SSSR count). The van der Waals surface area contributed by atoms with Crippen LogP contribution in [0.15, 0.2) is 54.6 Å². The van der Waals surface area contributed by atoms with Crippen LogP contribution in [0, 0.1) is 5.92 Å². The van der Waals surface area contributed by atoms with Gasteiger partial charge in [0.25, 0.3) is 0 Å². The fourth-order valence-corrected chi connectivity index (χ4v) is 2.75. The molecular weight excluding hydrogens is 300 g/mol. The second kappa shape index (κ2) is 7.30. The maximum Gasteiger partial charge on any atom is 0.231 e. The van der Waals surface area contributed by atoms with Gasteiger partial charge in [0.2, 0.25) is 11.8 Å². The monoisotopic (exact) mass is 322 g/mol. The summed E-state index contributed by atoms with van der Waals surface area (Å²) >= 11 is 0. The first kappa shape index (κ1) is 16.2. The molecule has 0 bridgehead atoms. The zero-order chi connectivity index (χ0) is 16.9. The molecule has 124 valence electrons. The van der Waals surface area contributed by atoms with E-state index in [1.54, 1.807) is 6.07 Å². The van der Waals surface area contributed by atoms with Crippen molar-refractivity contribution in [2.24, 2.45) is 5.92 Å². The molecular formula is C20H22N2O2. The molecule has 2 aromatic rings. The van der Waals surface area contributed by atoms with Crippen molar-refractivity contribution in [3.63, 3.8) is 0 Å². The fourth-order valence-electron chi connectivity index (χ4n) is 2.75. The third-order valence-electron chi connectivity index (χ3n) is 4.27. The minimum Gasteiger partial charge on any atom is -0.326 e. The summed E-state index contributed by atoms with van der Waals surface area (Å²) in [5.74, 6) is 0.00489. The van der Waals surface area contributed by atoms with E-state index in [4.69, 9.17) is 0 Å². The molecule has 0 aliphatic heterocycles. The molecule has 1 atom stereocenters. The molecule has 1 aliphatic carbocycles. The predicted molar refractivity (Wildman–Crippen MR) is 95.9 cm³/mol. The predicted octanol–water partition coefficient (Wildman–Crippen LogP) is 4.17. The molecule has 0 radical (unpaired) electrons. The third kappa shape index (κ3) is 4.02. The minimum absolute atomic E-state index is 0.0330. The van der Waals surface area contributed by atoms with E-state index < -0.39 is 0 Å². The van der Waals surface area contributed by atoms with Crippen LogP contribution in [-0.2, 0) is 9.59 Å². The summed E-state index contributed by atoms with van der Waals surface area (Å²) in [5.41, 5.74) is 2.43. The Balaban J connectivity index is 1.68. The Morgan fingerprint density at radius 3 is 2.29 bits per heavy atom. The number of nitrogens with one attached hydrogen (secondary N) is 2. The Kier molecular flexibility index (Phi) is 4.94. The van der Waals surface area contributed by atoms with Gasteiger partial charge < -0.3 is 10.6 Å². The molecule has 2 N–H and O–H groups in total. The van der Waals surface area contributed by atoms with E-state index in [1.807, 2.05) is 55.5 Å². The minimum atomic E-state index is -0.184. The van der Waals surface area contributed by atoms with Crippen LogP contribution in [0.1, 0.15) is 37.7 Å². The topological polar surface area (TPSA) is 58.2 Å². The molecule has 2 amide bonds. The molecule has 4 nitrogen and oxygen atoms in total. The summed E-state index contributed by atoms with van der Waals surface area (Å²) in [6.07, 6.45) is 2.67. The zero-order valence-corrected chi connectivity index (χ0v) is 13.8. The Labute approximate surface area is 142 Å². The average molecular weight is 322 g/mol. The normalized spacial score (nSPS) is 14.7. The van der Waals surface area contributed by atoms with E-state index in [-0.39, 0.29) is 23.7 Å². The lowest BCUT2D eigenvalue weighted by atomic mass is 9.95. The van der Waals surface area contributed by atoms with Crippen LogP contribution < -0.4 is 10.6 Å². The van der Waals surface area contributed by atoms with Crippen LogP contribution in [0.2, 0.25) is 0 Å². The number of carbonyl (C=O) groups excluding carboxylic acids is 2. The third-order valence-corrected chi connectivity index (χ3v) is 4.27. The van der Waals surface area contributed by atoms with Crippen LogP contribution in [0.4, 0.5) is 11.4 Å². The zero-order valence-electron chi connectivity index (χ0n) is 13.8. The maximum atomic E-state index is 12.6. The van der Waals surface area contributed by atoms with Crippen molar-refractivity contribution in [1.82, 2.24) is 0 Å². The van der Waals surface area contributed by atoms with Crippen molar-refractivity contribution >= 4 is 23.2 Å². The van der Waals surface area contributed by atoms with Crippen LogP contribution >= 0.6 is 0 Å². The molecule has 0 heterocycles. The van der Waals surface area contributed by atoms with Gasteiger partial charge in [-0.1, -0.05) is 43.3 Å². The Bertz CT molecular complexity index is 723. The lowest BCUT2D eigenvalue weighted by Crippen LogP contribution is -2.21. The van der Waals surface area contributed by atoms with Crippen LogP contribution in [0.25, 0.3) is 0 Å². The molecule has 0 aromatic heterocycles. The van der Waals surface area contributed by atoms with Crippen molar-refractivity contribution < 1.29 is 9.59 Å². The van der Waals surface area contributed by atoms with Gasteiger partial charge in [-0.3, -0.25) is 9.59 Å². The fraction of sp³-hybridized carbons (Fsp3) is 0.300. The number of anilines is 2. The van der Waals surface area contributed by atoms with E-state index in [2.05, 4.69) is 10.6 Å². The number of carbonyl (C=O) groups is 2. The van der Waals surface area contributed by atoms with E-state index >= 15 is 0 Å². The van der Waals surface area contributed by atoms with Gasteiger partial charge in [0, 0.05) is 17.3 Å². The summed E-state index contributed by atoms with van der Waals surface area (Å²) in [4.78, 5) is 24.4. The number of benzene rings is 2. The highest BCUT2D eigenvalue weighted by Gasteiger charge is 2.29. The van der Waals surface area contributed by atoms with Crippen molar-refractivity contribution in [2.45, 2.75) is 32.1 Å². The summed E-state index contributed by atoms with van der Waals surface area (Å²) in [6, 6.07) is 17.1. The number of hydrogen-bond acceptors (Lipinski definition) is 2. The average Bonchev–Trinajstić information content (AvgIpc) is 3.42. The van der Waals surface area contributed by atoms with Crippen LogP contribution in [0.5, 0.6) is 0 Å². The SMILES string of the molecule is CC[C@H](C(=O)Nc1cccc(NC(=O)C2CC2)c1)c1ccccc1. The Hall–Kier alpha value is -2.62. The van der Waals surface area contributed by atoms with Gasteiger partial charge in [-0.05, 0) is 43.0 Å². The van der Waals surface area contributed by atoms with E-state index in [0.29, 0.717) is 5.69 Å². The summed E-state index contributed by atoms with van der Waals surface area (Å²) in [7, 11) is 0. The van der Waals surface area contributed by atoms with Crippen LogP contribution in [0.3, 0.4) is 0 Å². The molecule has 0 saturated heterocycles. The van der Waals surface area contributed by atoms with Gasteiger partial charge >= 0.3 is 0 Å². The molecule has 1 saturated carbocycles. The number of rotatable bonds is 6. The van der Waals surface area contributed by atoms with Crippen molar-refractivity contribution in [1.29, 1.82) is 0 Å². The summed E-state index contributed by atoms with van der Waals surface area (Å²) < 4.78 is 0.